The molecule has 6 nitrogen and oxygen atoms in total. The molecule has 0 radical (unpaired) electrons. The number of rotatable bonds is 6. The summed E-state index contributed by atoms with van der Waals surface area (Å²) in [6, 6.07) is 1.54. The molecule has 6 heteroatoms. The summed E-state index contributed by atoms with van der Waals surface area (Å²) in [5.41, 5.74) is 0.756. The predicted octanol–water partition coefficient (Wildman–Crippen LogP) is 2.45. The summed E-state index contributed by atoms with van der Waals surface area (Å²) in [7, 11) is 0. The maximum Gasteiger partial charge on any atom is 0.243 e. The first kappa shape index (κ1) is 17.0. The number of carbonyl (C=O) groups is 1. The van der Waals surface area contributed by atoms with Gasteiger partial charge < -0.3 is 9.26 Å². The third-order valence-electron chi connectivity index (χ3n) is 3.94. The van der Waals surface area contributed by atoms with Gasteiger partial charge in [0.05, 0.1) is 17.8 Å². The fourth-order valence-corrected chi connectivity index (χ4v) is 2.57. The van der Waals surface area contributed by atoms with Crippen LogP contribution in [0.2, 0.25) is 0 Å². The Balaban J connectivity index is 1.76. The molecule has 1 aromatic heterocycles. The smallest absolute Gasteiger partial charge is 0.243 e. The van der Waals surface area contributed by atoms with Crippen molar-refractivity contribution in [2.75, 3.05) is 25.0 Å². The lowest BCUT2D eigenvalue weighted by atomic mass is 10.1. The number of hydrogen-bond donors (Lipinski definition) is 1. The van der Waals surface area contributed by atoms with Crippen molar-refractivity contribution >= 4 is 11.8 Å². The maximum absolute atomic E-state index is 12.2. The molecule has 124 valence electrons. The predicted molar refractivity (Wildman–Crippen MR) is 84.7 cm³/mol. The number of nitrogens with zero attached hydrogens (tertiary/aromatic N) is 2. The Hall–Kier alpha value is -1.40. The molecule has 1 fully saturated rings. The summed E-state index contributed by atoms with van der Waals surface area (Å²) in [4.78, 5) is 14.4. The monoisotopic (exact) mass is 309 g/mol. The van der Waals surface area contributed by atoms with Gasteiger partial charge in [0, 0.05) is 25.8 Å². The van der Waals surface area contributed by atoms with Gasteiger partial charge in [-0.2, -0.15) is 0 Å². The first-order valence-electron chi connectivity index (χ1n) is 8.05. The summed E-state index contributed by atoms with van der Waals surface area (Å²) in [5, 5.41) is 6.54. The molecule has 1 aliphatic rings. The molecule has 1 atom stereocenters. The molecule has 1 aromatic rings. The normalized spacial score (nSPS) is 18.6. The van der Waals surface area contributed by atoms with E-state index in [0.29, 0.717) is 17.9 Å². The third-order valence-corrected chi connectivity index (χ3v) is 3.94. The topological polar surface area (TPSA) is 67.6 Å². The van der Waals surface area contributed by atoms with Crippen LogP contribution < -0.4 is 5.32 Å². The van der Waals surface area contributed by atoms with Crippen molar-refractivity contribution in [1.29, 1.82) is 0 Å². The molecular weight excluding hydrogens is 282 g/mol. The zero-order valence-electron chi connectivity index (χ0n) is 14.0. The Morgan fingerprint density at radius 3 is 2.68 bits per heavy atom. The number of likely N-dealkylation sites (tertiary alicyclic amines) is 1. The Kier molecular flexibility index (Phi) is 5.97. The number of aromatic nitrogens is 1. The van der Waals surface area contributed by atoms with E-state index >= 15 is 0 Å². The van der Waals surface area contributed by atoms with Gasteiger partial charge in [-0.1, -0.05) is 19.0 Å². The fourth-order valence-electron chi connectivity index (χ4n) is 2.57. The van der Waals surface area contributed by atoms with Crippen LogP contribution in [0.3, 0.4) is 0 Å². The quantitative estimate of drug-likeness (QED) is 0.874. The number of hydrogen-bond acceptors (Lipinski definition) is 5. The van der Waals surface area contributed by atoms with E-state index in [4.69, 9.17) is 9.26 Å². The van der Waals surface area contributed by atoms with Gasteiger partial charge in [0.1, 0.15) is 0 Å². The number of amides is 1. The Bertz CT molecular complexity index is 479. The first-order valence-corrected chi connectivity index (χ1v) is 8.05. The molecule has 2 rings (SSSR count). The highest BCUT2D eigenvalue weighted by Crippen LogP contribution is 2.18. The van der Waals surface area contributed by atoms with E-state index in [1.54, 1.807) is 6.07 Å². The number of aryl methyl sites for hydroxylation is 1. The standard InChI is InChI=1S/C16H27N3O3/c1-11(2)10-21-14-5-7-19(8-6-14)13(4)16(20)17-15-9-12(3)18-22-15/h9,11,13-14H,5-8,10H2,1-4H3,(H,17,20). The first-order chi connectivity index (χ1) is 10.5. The average Bonchev–Trinajstić information content (AvgIpc) is 2.90. The van der Waals surface area contributed by atoms with Crippen LogP contribution >= 0.6 is 0 Å². The van der Waals surface area contributed by atoms with Gasteiger partial charge in [-0.05, 0) is 32.6 Å². The summed E-state index contributed by atoms with van der Waals surface area (Å²) >= 11 is 0. The fraction of sp³-hybridized carbons (Fsp3) is 0.750. The lowest BCUT2D eigenvalue weighted by Gasteiger charge is -2.35. The Labute approximate surface area is 132 Å². The van der Waals surface area contributed by atoms with Crippen LogP contribution in [0.4, 0.5) is 5.88 Å². The number of anilines is 1. The highest BCUT2D eigenvalue weighted by Gasteiger charge is 2.27. The van der Waals surface area contributed by atoms with Gasteiger partial charge in [-0.3, -0.25) is 15.0 Å². The number of nitrogens with one attached hydrogen (secondary N) is 1. The average molecular weight is 309 g/mol. The largest absolute Gasteiger partial charge is 0.378 e. The van der Waals surface area contributed by atoms with Crippen LogP contribution in [-0.4, -0.2) is 47.8 Å². The molecule has 2 heterocycles. The second-order valence-electron chi connectivity index (χ2n) is 6.46. The molecule has 0 spiro atoms. The van der Waals surface area contributed by atoms with Gasteiger partial charge in [-0.25, -0.2) is 0 Å². The Morgan fingerprint density at radius 1 is 1.45 bits per heavy atom. The van der Waals surface area contributed by atoms with E-state index in [1.807, 2.05) is 13.8 Å². The van der Waals surface area contributed by atoms with Crippen LogP contribution in [0.1, 0.15) is 39.3 Å². The maximum atomic E-state index is 12.2. The van der Waals surface area contributed by atoms with E-state index in [-0.39, 0.29) is 11.9 Å². The van der Waals surface area contributed by atoms with Crippen LogP contribution in [0.5, 0.6) is 0 Å². The summed E-state index contributed by atoms with van der Waals surface area (Å²) in [6.45, 7) is 10.6. The van der Waals surface area contributed by atoms with E-state index in [2.05, 4.69) is 29.2 Å². The number of ether oxygens (including phenoxy) is 1. The molecule has 1 N–H and O–H groups in total. The second kappa shape index (κ2) is 7.74. The third kappa shape index (κ3) is 4.81. The van der Waals surface area contributed by atoms with Crippen molar-refractivity contribution in [3.63, 3.8) is 0 Å². The van der Waals surface area contributed by atoms with E-state index < -0.39 is 0 Å². The molecular formula is C16H27N3O3. The lowest BCUT2D eigenvalue weighted by Crippen LogP contribution is -2.47. The van der Waals surface area contributed by atoms with Crippen molar-refractivity contribution in [2.45, 2.75) is 52.7 Å². The highest BCUT2D eigenvalue weighted by molar-refractivity contribution is 5.93. The van der Waals surface area contributed by atoms with Crippen molar-refractivity contribution in [1.82, 2.24) is 10.1 Å². The number of carbonyl (C=O) groups excluding carboxylic acids is 1. The zero-order chi connectivity index (χ0) is 16.1. The number of piperidine rings is 1. The van der Waals surface area contributed by atoms with Crippen LogP contribution in [0.25, 0.3) is 0 Å². The minimum Gasteiger partial charge on any atom is -0.378 e. The molecule has 0 aromatic carbocycles. The van der Waals surface area contributed by atoms with Gasteiger partial charge in [-0.15, -0.1) is 0 Å². The summed E-state index contributed by atoms with van der Waals surface area (Å²) in [5.74, 6) is 0.912. The van der Waals surface area contributed by atoms with Crippen molar-refractivity contribution in [3.8, 4) is 0 Å². The van der Waals surface area contributed by atoms with E-state index in [1.165, 1.54) is 0 Å². The van der Waals surface area contributed by atoms with E-state index in [0.717, 1.165) is 38.2 Å². The lowest BCUT2D eigenvalue weighted by molar-refractivity contribution is -0.122. The van der Waals surface area contributed by atoms with Crippen molar-refractivity contribution in [2.24, 2.45) is 5.92 Å². The molecule has 0 aliphatic carbocycles. The summed E-state index contributed by atoms with van der Waals surface area (Å²) < 4.78 is 10.9. The van der Waals surface area contributed by atoms with Crippen LogP contribution in [0, 0.1) is 12.8 Å². The molecule has 1 aliphatic heterocycles. The van der Waals surface area contributed by atoms with E-state index in [9.17, 15) is 4.79 Å². The molecule has 1 unspecified atom stereocenters. The van der Waals surface area contributed by atoms with Gasteiger partial charge >= 0.3 is 0 Å². The van der Waals surface area contributed by atoms with Crippen LogP contribution in [-0.2, 0) is 9.53 Å². The molecule has 0 saturated carbocycles. The van der Waals surface area contributed by atoms with Gasteiger partial charge in [0.25, 0.3) is 0 Å². The minimum absolute atomic E-state index is 0.0577. The SMILES string of the molecule is Cc1cc(NC(=O)C(C)N2CCC(OCC(C)C)CC2)on1. The van der Waals surface area contributed by atoms with Crippen molar-refractivity contribution < 1.29 is 14.1 Å². The van der Waals surface area contributed by atoms with Crippen LogP contribution in [0.15, 0.2) is 10.6 Å². The second-order valence-corrected chi connectivity index (χ2v) is 6.46. The minimum atomic E-state index is -0.184. The zero-order valence-corrected chi connectivity index (χ0v) is 14.0. The highest BCUT2D eigenvalue weighted by atomic mass is 16.5. The van der Waals surface area contributed by atoms with Crippen molar-refractivity contribution in [3.05, 3.63) is 11.8 Å². The molecule has 0 bridgehead atoms. The molecule has 1 saturated heterocycles. The molecule has 22 heavy (non-hydrogen) atoms. The molecule has 1 amide bonds. The summed E-state index contributed by atoms with van der Waals surface area (Å²) in [6.07, 6.45) is 2.28. The van der Waals surface area contributed by atoms with Gasteiger partial charge in [0.15, 0.2) is 0 Å². The van der Waals surface area contributed by atoms with Gasteiger partial charge in [0.2, 0.25) is 11.8 Å². The Morgan fingerprint density at radius 2 is 2.14 bits per heavy atom.